The van der Waals surface area contributed by atoms with Crippen molar-refractivity contribution in [2.24, 2.45) is 0 Å². The standard InChI is InChI=1S/C16H15NO3/c18-14-7-3-6-13(15(14)19)16(20)17-9-11-8-10-4-1-2-5-12(10)11/h1-7,11,18-19H,8-9H2,(H,17,20). The van der Waals surface area contributed by atoms with Crippen LogP contribution in [0.1, 0.15) is 27.4 Å². The van der Waals surface area contributed by atoms with Crippen LogP contribution < -0.4 is 5.32 Å². The molecule has 0 spiro atoms. The number of phenols is 2. The Hall–Kier alpha value is -2.49. The number of amides is 1. The number of hydrogen-bond donors (Lipinski definition) is 3. The van der Waals surface area contributed by atoms with E-state index in [2.05, 4.69) is 17.4 Å². The van der Waals surface area contributed by atoms with Crippen molar-refractivity contribution in [1.82, 2.24) is 5.32 Å². The third-order valence-corrected chi connectivity index (χ3v) is 3.73. The van der Waals surface area contributed by atoms with Gasteiger partial charge in [0.2, 0.25) is 0 Å². The molecule has 0 fully saturated rings. The van der Waals surface area contributed by atoms with Gasteiger partial charge in [-0.15, -0.1) is 0 Å². The highest BCUT2D eigenvalue weighted by Crippen LogP contribution is 2.34. The summed E-state index contributed by atoms with van der Waals surface area (Å²) in [6.45, 7) is 0.533. The molecule has 2 aromatic rings. The van der Waals surface area contributed by atoms with E-state index in [9.17, 15) is 15.0 Å². The van der Waals surface area contributed by atoms with Crippen molar-refractivity contribution < 1.29 is 15.0 Å². The second kappa shape index (κ2) is 4.89. The van der Waals surface area contributed by atoms with E-state index >= 15 is 0 Å². The molecule has 3 N–H and O–H groups in total. The van der Waals surface area contributed by atoms with E-state index in [1.54, 1.807) is 0 Å². The lowest BCUT2D eigenvalue weighted by Gasteiger charge is -2.30. The van der Waals surface area contributed by atoms with Crippen molar-refractivity contribution in [2.45, 2.75) is 12.3 Å². The molecule has 102 valence electrons. The van der Waals surface area contributed by atoms with Gasteiger partial charge in [0.25, 0.3) is 5.91 Å². The molecule has 3 rings (SSSR count). The molecule has 1 amide bonds. The molecule has 0 saturated carbocycles. The van der Waals surface area contributed by atoms with Crippen molar-refractivity contribution in [3.8, 4) is 11.5 Å². The van der Waals surface area contributed by atoms with Gasteiger partial charge in [-0.05, 0) is 29.7 Å². The van der Waals surface area contributed by atoms with Gasteiger partial charge in [-0.1, -0.05) is 30.3 Å². The summed E-state index contributed by atoms with van der Waals surface area (Å²) < 4.78 is 0. The molecular weight excluding hydrogens is 254 g/mol. The Kier molecular flexibility index (Phi) is 3.06. The topological polar surface area (TPSA) is 69.6 Å². The van der Waals surface area contributed by atoms with Gasteiger partial charge in [0, 0.05) is 12.5 Å². The second-order valence-corrected chi connectivity index (χ2v) is 4.98. The molecular formula is C16H15NO3. The maximum atomic E-state index is 12.0. The smallest absolute Gasteiger partial charge is 0.255 e. The maximum Gasteiger partial charge on any atom is 0.255 e. The van der Waals surface area contributed by atoms with Crippen LogP contribution in [0.3, 0.4) is 0 Å². The molecule has 1 unspecified atom stereocenters. The lowest BCUT2D eigenvalue weighted by Crippen LogP contribution is -2.33. The lowest BCUT2D eigenvalue weighted by molar-refractivity contribution is 0.0946. The van der Waals surface area contributed by atoms with E-state index in [1.807, 2.05) is 12.1 Å². The molecule has 4 heteroatoms. The summed E-state index contributed by atoms with van der Waals surface area (Å²) in [5, 5.41) is 21.8. The van der Waals surface area contributed by atoms with Crippen molar-refractivity contribution in [3.63, 3.8) is 0 Å². The molecule has 0 heterocycles. The third kappa shape index (κ3) is 2.09. The average Bonchev–Trinajstić information content (AvgIpc) is 2.42. The zero-order valence-electron chi connectivity index (χ0n) is 10.8. The minimum atomic E-state index is -0.376. The third-order valence-electron chi connectivity index (χ3n) is 3.73. The van der Waals surface area contributed by atoms with Gasteiger partial charge in [0.1, 0.15) is 0 Å². The molecule has 1 atom stereocenters. The number of nitrogens with one attached hydrogen (secondary N) is 1. The minimum Gasteiger partial charge on any atom is -0.504 e. The van der Waals surface area contributed by atoms with Crippen LogP contribution in [0.25, 0.3) is 0 Å². The van der Waals surface area contributed by atoms with Crippen LogP contribution in [0.4, 0.5) is 0 Å². The first-order valence-corrected chi connectivity index (χ1v) is 6.53. The lowest BCUT2D eigenvalue weighted by atomic mass is 9.77. The molecule has 0 radical (unpaired) electrons. The molecule has 0 aliphatic heterocycles. The van der Waals surface area contributed by atoms with E-state index in [0.717, 1.165) is 6.42 Å². The summed E-state index contributed by atoms with van der Waals surface area (Å²) in [6.07, 6.45) is 0.961. The van der Waals surface area contributed by atoms with Crippen LogP contribution in [-0.4, -0.2) is 22.7 Å². The van der Waals surface area contributed by atoms with Gasteiger partial charge in [0.05, 0.1) is 5.56 Å². The molecule has 20 heavy (non-hydrogen) atoms. The first kappa shape index (κ1) is 12.5. The fourth-order valence-corrected chi connectivity index (χ4v) is 2.57. The Bertz CT molecular complexity index is 667. The predicted molar refractivity (Wildman–Crippen MR) is 75.0 cm³/mol. The monoisotopic (exact) mass is 269 g/mol. The highest BCUT2D eigenvalue weighted by atomic mass is 16.3. The van der Waals surface area contributed by atoms with Crippen molar-refractivity contribution in [1.29, 1.82) is 0 Å². The molecule has 0 aromatic heterocycles. The molecule has 1 aliphatic rings. The number of para-hydroxylation sites is 1. The van der Waals surface area contributed by atoms with Gasteiger partial charge in [-0.3, -0.25) is 4.79 Å². The highest BCUT2D eigenvalue weighted by molar-refractivity contribution is 5.97. The zero-order valence-corrected chi connectivity index (χ0v) is 10.8. The fraction of sp³-hybridized carbons (Fsp3) is 0.188. The van der Waals surface area contributed by atoms with Gasteiger partial charge >= 0.3 is 0 Å². The first-order valence-electron chi connectivity index (χ1n) is 6.53. The number of hydrogen-bond acceptors (Lipinski definition) is 3. The molecule has 0 saturated heterocycles. The Morgan fingerprint density at radius 3 is 2.75 bits per heavy atom. The van der Waals surface area contributed by atoms with Crippen LogP contribution >= 0.6 is 0 Å². The number of aromatic hydroxyl groups is 2. The maximum absolute atomic E-state index is 12.0. The van der Waals surface area contributed by atoms with Gasteiger partial charge in [-0.25, -0.2) is 0 Å². The van der Waals surface area contributed by atoms with E-state index in [-0.39, 0.29) is 23.0 Å². The summed E-state index contributed by atoms with van der Waals surface area (Å²) in [6, 6.07) is 12.5. The van der Waals surface area contributed by atoms with E-state index in [4.69, 9.17) is 0 Å². The number of benzene rings is 2. The fourth-order valence-electron chi connectivity index (χ4n) is 2.57. The number of phenolic OH excluding ortho intramolecular Hbond substituents is 2. The first-order chi connectivity index (χ1) is 9.66. The summed E-state index contributed by atoms with van der Waals surface area (Å²) in [4.78, 5) is 12.0. The number of fused-ring (bicyclic) bond motifs is 1. The highest BCUT2D eigenvalue weighted by Gasteiger charge is 2.26. The van der Waals surface area contributed by atoms with Crippen LogP contribution in [0.5, 0.6) is 11.5 Å². The molecule has 4 nitrogen and oxygen atoms in total. The van der Waals surface area contributed by atoms with E-state index in [0.29, 0.717) is 12.5 Å². The predicted octanol–water partition coefficient (Wildman–Crippen LogP) is 2.17. The van der Waals surface area contributed by atoms with Crippen LogP contribution in [0.15, 0.2) is 42.5 Å². The second-order valence-electron chi connectivity index (χ2n) is 4.98. The summed E-state index contributed by atoms with van der Waals surface area (Å²) in [5.41, 5.74) is 2.69. The zero-order chi connectivity index (χ0) is 14.1. The largest absolute Gasteiger partial charge is 0.504 e. The minimum absolute atomic E-state index is 0.0950. The van der Waals surface area contributed by atoms with Gasteiger partial charge in [0.15, 0.2) is 11.5 Å². The summed E-state index contributed by atoms with van der Waals surface area (Å²) >= 11 is 0. The normalized spacial score (nSPS) is 16.1. The van der Waals surface area contributed by atoms with E-state index in [1.165, 1.54) is 29.3 Å². The summed E-state index contributed by atoms with van der Waals surface area (Å²) in [7, 11) is 0. The quantitative estimate of drug-likeness (QED) is 0.748. The van der Waals surface area contributed by atoms with Crippen molar-refractivity contribution >= 4 is 5.91 Å². The van der Waals surface area contributed by atoms with Crippen LogP contribution in [-0.2, 0) is 6.42 Å². The number of carbonyl (C=O) groups excluding carboxylic acids is 1. The average molecular weight is 269 g/mol. The van der Waals surface area contributed by atoms with Crippen molar-refractivity contribution in [2.75, 3.05) is 6.54 Å². The molecule has 0 bridgehead atoms. The van der Waals surface area contributed by atoms with Gasteiger partial charge in [-0.2, -0.15) is 0 Å². The Morgan fingerprint density at radius 1 is 1.15 bits per heavy atom. The Balaban J connectivity index is 1.65. The van der Waals surface area contributed by atoms with Crippen LogP contribution in [0.2, 0.25) is 0 Å². The Morgan fingerprint density at radius 2 is 1.95 bits per heavy atom. The summed E-state index contributed by atoms with van der Waals surface area (Å²) in [5.74, 6) is -0.706. The number of carbonyl (C=O) groups is 1. The number of rotatable bonds is 3. The van der Waals surface area contributed by atoms with Gasteiger partial charge < -0.3 is 15.5 Å². The van der Waals surface area contributed by atoms with Crippen molar-refractivity contribution in [3.05, 3.63) is 59.2 Å². The molecule has 2 aromatic carbocycles. The van der Waals surface area contributed by atoms with Crippen LogP contribution in [0, 0.1) is 0 Å². The Labute approximate surface area is 116 Å². The van der Waals surface area contributed by atoms with E-state index < -0.39 is 0 Å². The molecule has 1 aliphatic carbocycles. The SMILES string of the molecule is O=C(NCC1Cc2ccccc21)c1cccc(O)c1O.